The van der Waals surface area contributed by atoms with Gasteiger partial charge in [-0.15, -0.1) is 0 Å². The summed E-state index contributed by atoms with van der Waals surface area (Å²) >= 11 is 0. The van der Waals surface area contributed by atoms with Crippen molar-refractivity contribution in [2.45, 2.75) is 46.2 Å². The van der Waals surface area contributed by atoms with Crippen LogP contribution in [-0.4, -0.2) is 37.7 Å². The van der Waals surface area contributed by atoms with E-state index < -0.39 is 0 Å². The summed E-state index contributed by atoms with van der Waals surface area (Å²) in [6, 6.07) is 3.47. The Hall–Kier alpha value is -2.08. The summed E-state index contributed by atoms with van der Waals surface area (Å²) in [5.74, 6) is 0.461. The molecule has 6 heteroatoms. The smallest absolute Gasteiger partial charge is 0.266 e. The van der Waals surface area contributed by atoms with Crippen molar-refractivity contribution in [2.75, 3.05) is 13.1 Å². The Balaban J connectivity index is 1.60. The third-order valence-corrected chi connectivity index (χ3v) is 4.46. The molecule has 1 aliphatic heterocycles. The summed E-state index contributed by atoms with van der Waals surface area (Å²) in [4.78, 5) is 23.1. The Labute approximate surface area is 142 Å². The summed E-state index contributed by atoms with van der Waals surface area (Å²) in [5.41, 5.74) is 2.89. The molecule has 0 spiro atoms. The molecule has 128 valence electrons. The van der Waals surface area contributed by atoms with Crippen LogP contribution in [-0.2, 0) is 18.5 Å². The monoisotopic (exact) mass is 327 g/mol. The van der Waals surface area contributed by atoms with Crippen molar-refractivity contribution in [3.8, 4) is 0 Å². The Morgan fingerprint density at radius 3 is 2.54 bits per heavy atom. The molecule has 0 N–H and O–H groups in total. The molecule has 0 bridgehead atoms. The van der Waals surface area contributed by atoms with Crippen LogP contribution in [0.3, 0.4) is 0 Å². The van der Waals surface area contributed by atoms with Crippen LogP contribution in [0.15, 0.2) is 29.3 Å². The van der Waals surface area contributed by atoms with Crippen LogP contribution in [0, 0.1) is 12.8 Å². The molecule has 0 amide bonds. The van der Waals surface area contributed by atoms with Gasteiger partial charge in [-0.05, 0) is 13.0 Å². The molecule has 0 saturated carbocycles. The fourth-order valence-corrected chi connectivity index (χ4v) is 2.95. The van der Waals surface area contributed by atoms with Crippen molar-refractivity contribution < 1.29 is 0 Å². The van der Waals surface area contributed by atoms with E-state index in [9.17, 15) is 4.79 Å². The quantitative estimate of drug-likeness (QED) is 0.856. The van der Waals surface area contributed by atoms with E-state index in [2.05, 4.69) is 40.7 Å². The molecular weight excluding hydrogens is 302 g/mol. The molecule has 2 aromatic heterocycles. The minimum atomic E-state index is -0.0510. The van der Waals surface area contributed by atoms with E-state index in [1.807, 2.05) is 13.0 Å². The molecule has 0 radical (unpaired) electrons. The number of aromatic nitrogens is 4. The van der Waals surface area contributed by atoms with Crippen molar-refractivity contribution in [3.63, 3.8) is 0 Å². The third kappa shape index (κ3) is 3.70. The normalized spacial score (nSPS) is 16.2. The van der Waals surface area contributed by atoms with Gasteiger partial charge < -0.3 is 0 Å². The Morgan fingerprint density at radius 2 is 1.88 bits per heavy atom. The van der Waals surface area contributed by atoms with Crippen LogP contribution in [0.4, 0.5) is 0 Å². The summed E-state index contributed by atoms with van der Waals surface area (Å²) < 4.78 is 1.62. The van der Waals surface area contributed by atoms with E-state index in [0.29, 0.717) is 12.5 Å². The molecule has 24 heavy (non-hydrogen) atoms. The van der Waals surface area contributed by atoms with E-state index in [1.165, 1.54) is 0 Å². The second kappa shape index (κ2) is 6.43. The van der Waals surface area contributed by atoms with E-state index >= 15 is 0 Å². The number of nitrogens with zero attached hydrogens (tertiary/aromatic N) is 5. The standard InChI is InChI=1S/C18H25N5O/c1-13-15(20-8-7-19-13)12-22-9-14(10-22)11-23-17(24)6-5-16(21-23)18(2,3)4/h5-8,14H,9-12H2,1-4H3. The summed E-state index contributed by atoms with van der Waals surface area (Å²) in [6.45, 7) is 11.7. The van der Waals surface area contributed by atoms with Gasteiger partial charge in [0.15, 0.2) is 0 Å². The molecule has 2 aromatic rings. The molecule has 1 fully saturated rings. The molecule has 3 rings (SSSR count). The van der Waals surface area contributed by atoms with Crippen LogP contribution in [0.1, 0.15) is 37.9 Å². The summed E-state index contributed by atoms with van der Waals surface area (Å²) in [6.07, 6.45) is 3.46. The van der Waals surface area contributed by atoms with E-state index in [-0.39, 0.29) is 11.0 Å². The van der Waals surface area contributed by atoms with Gasteiger partial charge >= 0.3 is 0 Å². The Bertz CT molecular complexity index is 771. The van der Waals surface area contributed by atoms with Gasteiger partial charge in [-0.3, -0.25) is 19.7 Å². The Kier molecular flexibility index (Phi) is 4.49. The van der Waals surface area contributed by atoms with Crippen molar-refractivity contribution in [2.24, 2.45) is 5.92 Å². The lowest BCUT2D eigenvalue weighted by Crippen LogP contribution is -2.49. The van der Waals surface area contributed by atoms with Gasteiger partial charge in [0, 0.05) is 49.4 Å². The van der Waals surface area contributed by atoms with Gasteiger partial charge in [0.2, 0.25) is 0 Å². The van der Waals surface area contributed by atoms with Crippen LogP contribution in [0.2, 0.25) is 0 Å². The summed E-state index contributed by atoms with van der Waals surface area (Å²) in [7, 11) is 0. The van der Waals surface area contributed by atoms with Crippen molar-refractivity contribution in [1.82, 2.24) is 24.6 Å². The molecule has 1 saturated heterocycles. The van der Waals surface area contributed by atoms with Gasteiger partial charge in [-0.1, -0.05) is 20.8 Å². The van der Waals surface area contributed by atoms with Crippen LogP contribution >= 0.6 is 0 Å². The maximum Gasteiger partial charge on any atom is 0.266 e. The number of hydrogen-bond donors (Lipinski definition) is 0. The van der Waals surface area contributed by atoms with Crippen LogP contribution in [0.25, 0.3) is 0 Å². The first-order valence-corrected chi connectivity index (χ1v) is 8.40. The van der Waals surface area contributed by atoms with Gasteiger partial charge in [0.05, 0.1) is 23.6 Å². The van der Waals surface area contributed by atoms with E-state index in [4.69, 9.17) is 0 Å². The first-order chi connectivity index (χ1) is 11.3. The average Bonchev–Trinajstić information content (AvgIpc) is 2.47. The zero-order chi connectivity index (χ0) is 17.3. The zero-order valence-electron chi connectivity index (χ0n) is 14.9. The molecule has 6 nitrogen and oxygen atoms in total. The molecular formula is C18H25N5O. The number of hydrogen-bond acceptors (Lipinski definition) is 5. The highest BCUT2D eigenvalue weighted by Crippen LogP contribution is 2.21. The largest absolute Gasteiger partial charge is 0.297 e. The van der Waals surface area contributed by atoms with Crippen molar-refractivity contribution in [1.29, 1.82) is 0 Å². The minimum absolute atomic E-state index is 0.0220. The highest BCUT2D eigenvalue weighted by atomic mass is 16.1. The maximum atomic E-state index is 12.1. The molecule has 0 aliphatic carbocycles. The second-order valence-corrected chi connectivity index (χ2v) is 7.64. The zero-order valence-corrected chi connectivity index (χ0v) is 14.9. The SMILES string of the molecule is Cc1nccnc1CN1CC(Cn2nc(C(C)(C)C)ccc2=O)C1. The molecule has 1 aliphatic rings. The first-order valence-electron chi connectivity index (χ1n) is 8.40. The van der Waals surface area contributed by atoms with Crippen LogP contribution < -0.4 is 5.56 Å². The van der Waals surface area contributed by atoms with E-state index in [0.717, 1.165) is 36.7 Å². The van der Waals surface area contributed by atoms with Gasteiger partial charge in [-0.2, -0.15) is 5.10 Å². The second-order valence-electron chi connectivity index (χ2n) is 7.64. The third-order valence-electron chi connectivity index (χ3n) is 4.46. The van der Waals surface area contributed by atoms with Crippen molar-refractivity contribution >= 4 is 0 Å². The number of likely N-dealkylation sites (tertiary alicyclic amines) is 1. The lowest BCUT2D eigenvalue weighted by Gasteiger charge is -2.39. The lowest BCUT2D eigenvalue weighted by atomic mass is 9.92. The fraction of sp³-hybridized carbons (Fsp3) is 0.556. The summed E-state index contributed by atoms with van der Waals surface area (Å²) in [5, 5.41) is 4.55. The minimum Gasteiger partial charge on any atom is -0.297 e. The average molecular weight is 327 g/mol. The van der Waals surface area contributed by atoms with Gasteiger partial charge in [0.25, 0.3) is 5.56 Å². The number of aryl methyl sites for hydroxylation is 1. The molecule has 0 atom stereocenters. The highest BCUT2D eigenvalue weighted by molar-refractivity contribution is 5.11. The predicted molar refractivity (Wildman–Crippen MR) is 92.7 cm³/mol. The maximum absolute atomic E-state index is 12.1. The highest BCUT2D eigenvalue weighted by Gasteiger charge is 2.28. The lowest BCUT2D eigenvalue weighted by molar-refractivity contribution is 0.0747. The fourth-order valence-electron chi connectivity index (χ4n) is 2.95. The van der Waals surface area contributed by atoms with Crippen molar-refractivity contribution in [3.05, 3.63) is 52.0 Å². The molecule has 3 heterocycles. The number of rotatable bonds is 4. The Morgan fingerprint density at radius 1 is 1.17 bits per heavy atom. The van der Waals surface area contributed by atoms with Gasteiger partial charge in [0.1, 0.15) is 0 Å². The first kappa shape index (κ1) is 16.8. The van der Waals surface area contributed by atoms with Gasteiger partial charge in [-0.25, -0.2) is 4.68 Å². The predicted octanol–water partition coefficient (Wildman–Crippen LogP) is 1.77. The van der Waals surface area contributed by atoms with Crippen LogP contribution in [0.5, 0.6) is 0 Å². The molecule has 0 unspecified atom stereocenters. The molecule has 0 aromatic carbocycles. The van der Waals surface area contributed by atoms with E-state index in [1.54, 1.807) is 23.1 Å². The topological polar surface area (TPSA) is 63.9 Å².